The fourth-order valence-electron chi connectivity index (χ4n) is 8.77. The van der Waals surface area contributed by atoms with Crippen LogP contribution in [0.3, 0.4) is 0 Å². The van der Waals surface area contributed by atoms with Gasteiger partial charge in [-0.1, -0.05) is 147 Å². The van der Waals surface area contributed by atoms with Gasteiger partial charge in [0.1, 0.15) is 0 Å². The van der Waals surface area contributed by atoms with Crippen molar-refractivity contribution < 1.29 is 0 Å². The second-order valence-corrected chi connectivity index (χ2v) is 16.2. The lowest BCUT2D eigenvalue weighted by Gasteiger charge is -2.12. The van der Waals surface area contributed by atoms with Gasteiger partial charge in [-0.05, 0) is 108 Å². The summed E-state index contributed by atoms with van der Waals surface area (Å²) in [6.07, 6.45) is 10.3. The molecule has 0 bridgehead atoms. The predicted molar refractivity (Wildman–Crippen MR) is 259 cm³/mol. The van der Waals surface area contributed by atoms with Gasteiger partial charge >= 0.3 is 0 Å². The Morgan fingerprint density at radius 1 is 0.492 bits per heavy atom. The highest BCUT2D eigenvalue weighted by molar-refractivity contribution is 7.20. The fourth-order valence-corrected chi connectivity index (χ4v) is 9.94. The van der Waals surface area contributed by atoms with Crippen molar-refractivity contribution in [1.29, 1.82) is 0 Å². The van der Waals surface area contributed by atoms with E-state index >= 15 is 0 Å². The van der Waals surface area contributed by atoms with Gasteiger partial charge in [-0.15, -0.1) is 11.3 Å². The Bertz CT molecular complexity index is 3380. The molecule has 0 N–H and O–H groups in total. The van der Waals surface area contributed by atoms with Crippen molar-refractivity contribution in [2.75, 3.05) is 0 Å². The Balaban J connectivity index is 1.09. The van der Waals surface area contributed by atoms with E-state index in [1.165, 1.54) is 86.4 Å². The minimum Gasteiger partial charge on any atom is -0.313 e. The Morgan fingerprint density at radius 3 is 1.69 bits per heavy atom. The quantitative estimate of drug-likeness (QED) is 0.129. The first-order valence-electron chi connectivity index (χ1n) is 20.1. The van der Waals surface area contributed by atoms with Crippen molar-refractivity contribution in [1.82, 2.24) is 9.13 Å². The van der Waals surface area contributed by atoms with Gasteiger partial charge < -0.3 is 9.13 Å². The van der Waals surface area contributed by atoms with Gasteiger partial charge in [-0.25, -0.2) is 0 Å². The van der Waals surface area contributed by atoms with E-state index in [4.69, 9.17) is 6.58 Å². The van der Waals surface area contributed by atoms with Crippen molar-refractivity contribution in [3.05, 3.63) is 217 Å². The number of fused-ring (bicyclic) bond motifs is 7. The number of benzene rings is 7. The smallest absolute Gasteiger partial charge is 0.0538 e. The van der Waals surface area contributed by atoms with Crippen LogP contribution in [0.1, 0.15) is 29.9 Å². The van der Waals surface area contributed by atoms with Gasteiger partial charge in [0.25, 0.3) is 0 Å². The Labute approximate surface area is 348 Å². The average molecular weight is 775 g/mol. The van der Waals surface area contributed by atoms with Crippen LogP contribution in [-0.2, 0) is 0 Å². The first kappa shape index (κ1) is 36.2. The summed E-state index contributed by atoms with van der Waals surface area (Å²) in [4.78, 5) is 1.19. The maximum Gasteiger partial charge on any atom is 0.0538 e. The maximum atomic E-state index is 4.72. The van der Waals surface area contributed by atoms with Gasteiger partial charge in [0.05, 0.1) is 22.1 Å². The Morgan fingerprint density at radius 2 is 1.03 bits per heavy atom. The lowest BCUT2D eigenvalue weighted by molar-refractivity contribution is 1.20. The van der Waals surface area contributed by atoms with E-state index in [1.54, 1.807) is 6.08 Å². The highest BCUT2D eigenvalue weighted by Crippen LogP contribution is 2.42. The summed E-state index contributed by atoms with van der Waals surface area (Å²) in [7, 11) is 0. The third-order valence-corrected chi connectivity index (χ3v) is 12.8. The summed E-state index contributed by atoms with van der Waals surface area (Å²) in [6.45, 7) is 12.9. The SMILES string of the molecule is C=C/C=C\C=C(/C)n1c2ccccc2c2cc(-c3ccc4c(c3)c3ccccc3n4/C(C)=C/c3c(C(=C)c4cccc(-c5ccccc5)c4)sc4ccccc34)ccc21. The van der Waals surface area contributed by atoms with Gasteiger partial charge in [-0.3, -0.25) is 0 Å². The van der Waals surface area contributed by atoms with E-state index in [1.807, 2.05) is 23.5 Å². The van der Waals surface area contributed by atoms with E-state index < -0.39 is 0 Å². The molecular formula is C56H42N2S. The normalized spacial score (nSPS) is 12.5. The van der Waals surface area contributed by atoms with Gasteiger partial charge in [0.2, 0.25) is 0 Å². The topological polar surface area (TPSA) is 9.86 Å². The molecule has 7 aromatic carbocycles. The number of thiophene rings is 1. The minimum absolute atomic E-state index is 1.03. The molecule has 0 unspecified atom stereocenters. The van der Waals surface area contributed by atoms with Crippen molar-refractivity contribution >= 4 is 88.1 Å². The molecule has 10 rings (SSSR count). The molecule has 0 amide bonds. The minimum atomic E-state index is 1.03. The largest absolute Gasteiger partial charge is 0.313 e. The van der Waals surface area contributed by atoms with Crippen molar-refractivity contribution in [2.24, 2.45) is 0 Å². The zero-order valence-electron chi connectivity index (χ0n) is 33.2. The molecule has 0 fully saturated rings. The highest BCUT2D eigenvalue weighted by atomic mass is 32.1. The molecule has 3 heteroatoms. The summed E-state index contributed by atoms with van der Waals surface area (Å²) < 4.78 is 6.04. The second-order valence-electron chi connectivity index (χ2n) is 15.1. The molecule has 3 heterocycles. The van der Waals surface area contributed by atoms with Crippen LogP contribution in [-0.4, -0.2) is 9.13 Å². The monoisotopic (exact) mass is 774 g/mol. The van der Waals surface area contributed by atoms with E-state index in [0.29, 0.717) is 0 Å². The van der Waals surface area contributed by atoms with Crippen LogP contribution in [0, 0.1) is 0 Å². The highest BCUT2D eigenvalue weighted by Gasteiger charge is 2.19. The molecule has 0 aliphatic carbocycles. The first-order valence-corrected chi connectivity index (χ1v) is 20.9. The number of allylic oxidation sites excluding steroid dienone is 6. The number of hydrogen-bond donors (Lipinski definition) is 0. The molecule has 0 atom stereocenters. The van der Waals surface area contributed by atoms with Crippen molar-refractivity contribution in [3.63, 3.8) is 0 Å². The molecule has 0 saturated heterocycles. The molecule has 59 heavy (non-hydrogen) atoms. The van der Waals surface area contributed by atoms with Crippen LogP contribution in [0.25, 0.3) is 99.0 Å². The van der Waals surface area contributed by atoms with Crippen LogP contribution in [0.5, 0.6) is 0 Å². The van der Waals surface area contributed by atoms with E-state index in [0.717, 1.165) is 22.5 Å². The summed E-state index contributed by atoms with van der Waals surface area (Å²) in [5.74, 6) is 0. The van der Waals surface area contributed by atoms with Gasteiger partial charge in [0, 0.05) is 53.5 Å². The molecule has 0 aliphatic rings. The van der Waals surface area contributed by atoms with Crippen LogP contribution in [0.2, 0.25) is 0 Å². The van der Waals surface area contributed by atoms with Gasteiger partial charge in [0.15, 0.2) is 0 Å². The zero-order valence-corrected chi connectivity index (χ0v) is 34.0. The standard InChI is InChI=1S/C56H42N2S/c1-5-6-8-18-37(2)57-51-26-14-11-23-45(51)48-35-43(29-31-53(48)57)44-30-32-54-49(36-44)46-24-12-15-27-52(46)58(54)38(3)33-50-47-25-13-16-28-55(47)59-56(50)39(4)41-21-17-22-42(34-41)40-19-9-7-10-20-40/h5-36H,1,4H2,2-3H3/b8-6-,37-18+,38-33+. The van der Waals surface area contributed by atoms with Gasteiger partial charge in [-0.2, -0.15) is 0 Å². The fraction of sp³-hybridized carbons (Fsp3) is 0.0357. The lowest BCUT2D eigenvalue weighted by Crippen LogP contribution is -1.94. The molecular weight excluding hydrogens is 733 g/mol. The Kier molecular flexibility index (Phi) is 9.16. The number of hydrogen-bond acceptors (Lipinski definition) is 1. The third kappa shape index (κ3) is 6.28. The number of nitrogens with zero attached hydrogens (tertiary/aromatic N) is 2. The summed E-state index contributed by atoms with van der Waals surface area (Å²) >= 11 is 1.82. The third-order valence-electron chi connectivity index (χ3n) is 11.5. The average Bonchev–Trinajstić information content (AvgIpc) is 3.94. The molecule has 0 spiro atoms. The second kappa shape index (κ2) is 14.9. The van der Waals surface area contributed by atoms with Crippen LogP contribution in [0.4, 0.5) is 0 Å². The van der Waals surface area contributed by atoms with Crippen molar-refractivity contribution in [3.8, 4) is 22.3 Å². The molecule has 2 nitrogen and oxygen atoms in total. The number of para-hydroxylation sites is 2. The molecule has 0 radical (unpaired) electrons. The zero-order chi connectivity index (χ0) is 40.0. The first-order chi connectivity index (χ1) is 29.0. The van der Waals surface area contributed by atoms with E-state index in [9.17, 15) is 0 Å². The van der Waals surface area contributed by atoms with Crippen LogP contribution < -0.4 is 0 Å². The maximum absolute atomic E-state index is 4.72. The van der Waals surface area contributed by atoms with Crippen LogP contribution >= 0.6 is 11.3 Å². The van der Waals surface area contributed by atoms with E-state index in [-0.39, 0.29) is 0 Å². The summed E-state index contributed by atoms with van der Waals surface area (Å²) in [5.41, 5.74) is 15.2. The van der Waals surface area contributed by atoms with Crippen molar-refractivity contribution in [2.45, 2.75) is 13.8 Å². The van der Waals surface area contributed by atoms with Crippen LogP contribution in [0.15, 0.2) is 201 Å². The summed E-state index contributed by atoms with van der Waals surface area (Å²) in [5, 5.41) is 6.20. The number of rotatable bonds is 9. The molecule has 0 saturated carbocycles. The molecule has 3 aromatic heterocycles. The van der Waals surface area contributed by atoms with E-state index in [2.05, 4.69) is 206 Å². The number of aromatic nitrogens is 2. The Hall–Kier alpha value is -7.20. The predicted octanol–water partition coefficient (Wildman–Crippen LogP) is 16.1. The molecule has 10 aromatic rings. The summed E-state index contributed by atoms with van der Waals surface area (Å²) in [6, 6.07) is 59.4. The lowest BCUT2D eigenvalue weighted by atomic mass is 9.97. The molecule has 0 aliphatic heterocycles. The molecule has 282 valence electrons.